The molecule has 2 N–H and O–H groups in total. The molecular weight excluding hydrogens is 397 g/mol. The van der Waals surface area contributed by atoms with Gasteiger partial charge in [0.25, 0.3) is 5.91 Å². The van der Waals surface area contributed by atoms with E-state index in [2.05, 4.69) is 10.0 Å². The molecule has 2 rings (SSSR count). The molecule has 27 heavy (non-hydrogen) atoms. The lowest BCUT2D eigenvalue weighted by Gasteiger charge is -2.10. The van der Waals surface area contributed by atoms with Crippen LogP contribution in [0.25, 0.3) is 0 Å². The summed E-state index contributed by atoms with van der Waals surface area (Å²) in [5, 5.41) is 2.27. The molecule has 0 saturated carbocycles. The zero-order valence-corrected chi connectivity index (χ0v) is 16.0. The van der Waals surface area contributed by atoms with Crippen molar-refractivity contribution in [2.45, 2.75) is 9.79 Å². The number of thioether (sulfide) groups is 1. The number of hydrogen-bond donors (Lipinski definition) is 2. The van der Waals surface area contributed by atoms with Crippen molar-refractivity contribution in [3.05, 3.63) is 54.1 Å². The molecule has 0 unspecified atom stereocenters. The maximum atomic E-state index is 14.0. The maximum absolute atomic E-state index is 14.0. The molecule has 0 aromatic heterocycles. The van der Waals surface area contributed by atoms with Crippen molar-refractivity contribution in [1.82, 2.24) is 10.0 Å². The third-order valence-electron chi connectivity index (χ3n) is 3.31. The average Bonchev–Trinajstić information content (AvgIpc) is 2.65. The van der Waals surface area contributed by atoms with Gasteiger partial charge < -0.3 is 10.1 Å². The Labute approximate surface area is 160 Å². The Bertz CT molecular complexity index is 870. The highest BCUT2D eigenvalue weighted by Crippen LogP contribution is 2.28. The van der Waals surface area contributed by atoms with E-state index in [1.807, 2.05) is 0 Å². The van der Waals surface area contributed by atoms with E-state index in [4.69, 9.17) is 4.74 Å². The van der Waals surface area contributed by atoms with Crippen molar-refractivity contribution in [3.63, 3.8) is 0 Å². The van der Waals surface area contributed by atoms with Crippen LogP contribution in [0.5, 0.6) is 5.75 Å². The zero-order valence-electron chi connectivity index (χ0n) is 14.4. The highest BCUT2D eigenvalue weighted by molar-refractivity contribution is 7.99. The molecule has 0 heterocycles. The van der Waals surface area contributed by atoms with Crippen molar-refractivity contribution in [2.24, 2.45) is 0 Å². The van der Waals surface area contributed by atoms with Crippen LogP contribution in [-0.4, -0.2) is 40.3 Å². The number of rotatable bonds is 9. The van der Waals surface area contributed by atoms with E-state index in [1.165, 1.54) is 19.2 Å². The smallest absolute Gasteiger partial charge is 0.257 e. The molecule has 146 valence electrons. The Kier molecular flexibility index (Phi) is 7.57. The fourth-order valence-electron chi connectivity index (χ4n) is 2.00. The number of benzene rings is 2. The lowest BCUT2D eigenvalue weighted by atomic mass is 10.3. The first kappa shape index (κ1) is 21.1. The minimum Gasteiger partial charge on any atom is -0.478 e. The van der Waals surface area contributed by atoms with Gasteiger partial charge in [-0.25, -0.2) is 21.9 Å². The fraction of sp³-hybridized carbons (Fsp3) is 0.235. The normalized spacial score (nSPS) is 11.2. The average molecular weight is 415 g/mol. The molecule has 0 spiro atoms. The molecule has 0 saturated heterocycles. The van der Waals surface area contributed by atoms with E-state index < -0.39 is 39.9 Å². The molecule has 2 aromatic rings. The first-order valence-electron chi connectivity index (χ1n) is 7.83. The lowest BCUT2D eigenvalue weighted by Crippen LogP contribution is -2.26. The second-order valence-electron chi connectivity index (χ2n) is 5.24. The number of hydrogen-bond acceptors (Lipinski definition) is 5. The van der Waals surface area contributed by atoms with Gasteiger partial charge in [0.05, 0.1) is 4.90 Å². The summed E-state index contributed by atoms with van der Waals surface area (Å²) in [6, 6.07) is 10.0. The van der Waals surface area contributed by atoms with Gasteiger partial charge >= 0.3 is 0 Å². The van der Waals surface area contributed by atoms with Crippen molar-refractivity contribution in [3.8, 4) is 5.75 Å². The molecule has 1 amide bonds. The van der Waals surface area contributed by atoms with Crippen LogP contribution in [0.15, 0.2) is 52.3 Å². The standard InChI is InChI=1S/C17H18F2N2O4S2/c1-20-16(22)11-25-17-14(18)9-12(10-15(17)19)26-8-7-21-27(23,24)13-5-3-2-4-6-13/h2-6,9-10,21H,7-8,11H2,1H3,(H,20,22)/i1-1. The van der Waals surface area contributed by atoms with Crippen LogP contribution in [0.2, 0.25) is 0 Å². The number of carbonyl (C=O) groups excluding carboxylic acids is 1. The first-order chi connectivity index (χ1) is 12.8. The number of ether oxygens (including phenoxy) is 1. The summed E-state index contributed by atoms with van der Waals surface area (Å²) in [4.78, 5) is 11.5. The highest BCUT2D eigenvalue weighted by atomic mass is 32.2. The van der Waals surface area contributed by atoms with Crippen molar-refractivity contribution in [2.75, 3.05) is 26.0 Å². The van der Waals surface area contributed by atoms with Gasteiger partial charge in [-0.1, -0.05) is 18.2 Å². The first-order valence-corrected chi connectivity index (χ1v) is 10.3. The largest absolute Gasteiger partial charge is 0.478 e. The predicted octanol–water partition coefficient (Wildman–Crippen LogP) is 2.16. The van der Waals surface area contributed by atoms with Gasteiger partial charge in [-0.3, -0.25) is 4.79 Å². The van der Waals surface area contributed by atoms with Crippen LogP contribution in [0.4, 0.5) is 8.78 Å². The maximum Gasteiger partial charge on any atom is 0.257 e. The van der Waals surface area contributed by atoms with E-state index in [1.54, 1.807) is 18.2 Å². The Balaban J connectivity index is 1.90. The van der Waals surface area contributed by atoms with Crippen LogP contribution in [0.3, 0.4) is 0 Å². The van der Waals surface area contributed by atoms with E-state index in [9.17, 15) is 22.0 Å². The number of nitrogens with one attached hydrogen (secondary N) is 2. The summed E-state index contributed by atoms with van der Waals surface area (Å²) in [5.41, 5.74) is 0. The Morgan fingerprint density at radius 3 is 2.37 bits per heavy atom. The van der Waals surface area contributed by atoms with Crippen LogP contribution in [0, 0.1) is 11.6 Å². The van der Waals surface area contributed by atoms with Gasteiger partial charge in [-0.05, 0) is 24.3 Å². The molecule has 0 atom stereocenters. The van der Waals surface area contributed by atoms with Gasteiger partial charge in [0.1, 0.15) is 0 Å². The molecule has 10 heteroatoms. The number of amides is 1. The molecule has 0 bridgehead atoms. The Morgan fingerprint density at radius 2 is 1.78 bits per heavy atom. The lowest BCUT2D eigenvalue weighted by molar-refractivity contribution is -0.122. The SMILES string of the molecule is [11CH3]NC(=O)COc1c(F)cc(SCCNS(=O)(=O)c2ccccc2)cc1F. The summed E-state index contributed by atoms with van der Waals surface area (Å²) in [5.74, 6) is -2.76. The second kappa shape index (κ2) is 9.67. The van der Waals surface area contributed by atoms with Crippen molar-refractivity contribution < 1.29 is 26.7 Å². The van der Waals surface area contributed by atoms with Crippen LogP contribution in [-0.2, 0) is 14.8 Å². The minimum absolute atomic E-state index is 0.0834. The summed E-state index contributed by atoms with van der Waals surface area (Å²) >= 11 is 1.08. The monoisotopic (exact) mass is 415 g/mol. The zero-order chi connectivity index (χ0) is 19.9. The fourth-order valence-corrected chi connectivity index (χ4v) is 3.99. The quantitative estimate of drug-likeness (QED) is 0.484. The van der Waals surface area contributed by atoms with Crippen molar-refractivity contribution >= 4 is 27.7 Å². The van der Waals surface area contributed by atoms with E-state index >= 15 is 0 Å². The second-order valence-corrected chi connectivity index (χ2v) is 8.17. The molecule has 2 aromatic carbocycles. The highest BCUT2D eigenvalue weighted by Gasteiger charge is 2.15. The summed E-state index contributed by atoms with van der Waals surface area (Å²) in [7, 11) is -2.25. The van der Waals surface area contributed by atoms with Gasteiger partial charge in [0, 0.05) is 24.2 Å². The Hall–Kier alpha value is -2.17. The van der Waals surface area contributed by atoms with E-state index in [-0.39, 0.29) is 22.1 Å². The topological polar surface area (TPSA) is 84.5 Å². The molecule has 6 nitrogen and oxygen atoms in total. The van der Waals surface area contributed by atoms with Crippen LogP contribution in [0.1, 0.15) is 0 Å². The number of carbonyl (C=O) groups is 1. The summed E-state index contributed by atoms with van der Waals surface area (Å²) < 4.78 is 59.3. The molecule has 0 aliphatic heterocycles. The number of likely N-dealkylation sites (N-methyl/N-ethyl adjacent to an activating group) is 1. The van der Waals surface area contributed by atoms with Gasteiger partial charge in [-0.2, -0.15) is 0 Å². The third-order valence-corrected chi connectivity index (χ3v) is 5.77. The number of halogens is 2. The van der Waals surface area contributed by atoms with Gasteiger partial charge in [0.15, 0.2) is 24.0 Å². The third kappa shape index (κ3) is 6.19. The van der Waals surface area contributed by atoms with Crippen LogP contribution < -0.4 is 14.8 Å². The number of sulfonamides is 1. The van der Waals surface area contributed by atoms with Crippen molar-refractivity contribution in [1.29, 1.82) is 0 Å². The van der Waals surface area contributed by atoms with Gasteiger partial charge in [-0.15, -0.1) is 11.8 Å². The molecule has 0 fully saturated rings. The van der Waals surface area contributed by atoms with Gasteiger partial charge in [0.2, 0.25) is 10.0 Å². The summed E-state index contributed by atoms with van der Waals surface area (Å²) in [6.45, 7) is -0.419. The minimum atomic E-state index is -3.63. The van der Waals surface area contributed by atoms with Crippen LogP contribution >= 0.6 is 11.8 Å². The summed E-state index contributed by atoms with van der Waals surface area (Å²) in [6.07, 6.45) is 0. The van der Waals surface area contributed by atoms with E-state index in [0.29, 0.717) is 0 Å². The Morgan fingerprint density at radius 1 is 1.15 bits per heavy atom. The molecular formula is C17H18F2N2O4S2. The predicted molar refractivity (Wildman–Crippen MR) is 98.3 cm³/mol. The molecule has 0 aliphatic carbocycles. The molecule has 0 aliphatic rings. The molecule has 0 radical (unpaired) electrons. The van der Waals surface area contributed by atoms with E-state index in [0.717, 1.165) is 23.9 Å².